The maximum atomic E-state index is 12.9. The van der Waals surface area contributed by atoms with Crippen LogP contribution >= 0.6 is 12.4 Å². The summed E-state index contributed by atoms with van der Waals surface area (Å²) in [6.07, 6.45) is 2.02. The molecule has 0 N–H and O–H groups in total. The Kier molecular flexibility index (Phi) is 5.73. The molecule has 3 aliphatic rings. The lowest BCUT2D eigenvalue weighted by molar-refractivity contribution is 0.0643. The normalized spacial score (nSPS) is 22.8. The molecule has 4 rings (SSSR count). The van der Waals surface area contributed by atoms with Crippen molar-refractivity contribution in [3.63, 3.8) is 0 Å². The molecular formula is C19H26ClN3O3. The van der Waals surface area contributed by atoms with Crippen molar-refractivity contribution in [2.24, 2.45) is 0 Å². The quantitative estimate of drug-likeness (QED) is 0.787. The number of nitrogens with zero attached hydrogens (tertiary/aromatic N) is 3. The summed E-state index contributed by atoms with van der Waals surface area (Å²) >= 11 is 0. The molecular weight excluding hydrogens is 354 g/mol. The zero-order valence-electron chi connectivity index (χ0n) is 15.1. The molecule has 0 saturated carbocycles. The van der Waals surface area contributed by atoms with Crippen molar-refractivity contribution in [3.05, 3.63) is 29.3 Å². The van der Waals surface area contributed by atoms with Crippen molar-refractivity contribution in [3.8, 4) is 5.75 Å². The predicted molar refractivity (Wildman–Crippen MR) is 101 cm³/mol. The highest BCUT2D eigenvalue weighted by atomic mass is 35.5. The number of carbonyl (C=O) groups is 2. The average Bonchev–Trinajstić information content (AvgIpc) is 3.09. The highest BCUT2D eigenvalue weighted by Gasteiger charge is 2.35. The summed E-state index contributed by atoms with van der Waals surface area (Å²) in [6, 6.07) is 5.47. The maximum Gasteiger partial charge on any atom is 0.258 e. The smallest absolute Gasteiger partial charge is 0.258 e. The van der Waals surface area contributed by atoms with Gasteiger partial charge in [0.1, 0.15) is 12.4 Å². The number of likely N-dealkylation sites (N-methyl/N-ethyl adjacent to an activating group) is 1. The van der Waals surface area contributed by atoms with E-state index in [2.05, 4.69) is 11.8 Å². The Labute approximate surface area is 160 Å². The molecule has 26 heavy (non-hydrogen) atoms. The topological polar surface area (TPSA) is 53.1 Å². The fourth-order valence-corrected chi connectivity index (χ4v) is 4.02. The molecule has 0 spiro atoms. The molecule has 3 aliphatic heterocycles. The molecule has 1 aromatic rings. The van der Waals surface area contributed by atoms with E-state index in [1.54, 1.807) is 18.2 Å². The van der Waals surface area contributed by atoms with Crippen LogP contribution < -0.4 is 4.74 Å². The van der Waals surface area contributed by atoms with Gasteiger partial charge in [-0.3, -0.25) is 9.59 Å². The van der Waals surface area contributed by atoms with Crippen LogP contribution in [-0.4, -0.2) is 78.4 Å². The van der Waals surface area contributed by atoms with Crippen LogP contribution in [0.4, 0.5) is 0 Å². The van der Waals surface area contributed by atoms with E-state index >= 15 is 0 Å². The summed E-state index contributed by atoms with van der Waals surface area (Å²) in [5.74, 6) is 0.612. The predicted octanol–water partition coefficient (Wildman–Crippen LogP) is 1.88. The number of carbonyl (C=O) groups excluding carboxylic acids is 2. The van der Waals surface area contributed by atoms with Gasteiger partial charge in [0, 0.05) is 38.3 Å². The monoisotopic (exact) mass is 379 g/mol. The third-order valence-corrected chi connectivity index (χ3v) is 5.63. The van der Waals surface area contributed by atoms with Gasteiger partial charge in [-0.2, -0.15) is 0 Å². The van der Waals surface area contributed by atoms with E-state index in [0.717, 1.165) is 52.1 Å². The Hall–Kier alpha value is -1.79. The lowest BCUT2D eigenvalue weighted by Crippen LogP contribution is -2.48. The van der Waals surface area contributed by atoms with Gasteiger partial charge in [-0.05, 0) is 37.6 Å². The van der Waals surface area contributed by atoms with Gasteiger partial charge in [-0.1, -0.05) is 6.92 Å². The molecule has 0 aromatic heterocycles. The Bertz CT molecular complexity index is 689. The molecule has 0 aliphatic carbocycles. The minimum Gasteiger partial charge on any atom is -0.491 e. The van der Waals surface area contributed by atoms with Crippen molar-refractivity contribution in [1.29, 1.82) is 0 Å². The first-order chi connectivity index (χ1) is 12.2. The van der Waals surface area contributed by atoms with Crippen molar-refractivity contribution < 1.29 is 14.3 Å². The summed E-state index contributed by atoms with van der Waals surface area (Å²) in [5.41, 5.74) is 1.11. The van der Waals surface area contributed by atoms with E-state index in [4.69, 9.17) is 4.74 Å². The number of hydrogen-bond acceptors (Lipinski definition) is 4. The fourth-order valence-electron chi connectivity index (χ4n) is 4.02. The number of halogens is 1. The summed E-state index contributed by atoms with van der Waals surface area (Å²) in [7, 11) is 0. The fraction of sp³-hybridized carbons (Fsp3) is 0.579. The van der Waals surface area contributed by atoms with Gasteiger partial charge in [-0.15, -0.1) is 12.4 Å². The van der Waals surface area contributed by atoms with Gasteiger partial charge in [0.2, 0.25) is 0 Å². The van der Waals surface area contributed by atoms with Crippen LogP contribution in [0.15, 0.2) is 18.2 Å². The second kappa shape index (κ2) is 7.84. The Morgan fingerprint density at radius 2 is 1.96 bits per heavy atom. The van der Waals surface area contributed by atoms with Gasteiger partial charge in [0.15, 0.2) is 0 Å². The van der Waals surface area contributed by atoms with Gasteiger partial charge in [0.05, 0.1) is 11.6 Å². The van der Waals surface area contributed by atoms with Crippen molar-refractivity contribution in [2.75, 3.05) is 45.9 Å². The number of piperazine rings is 1. The lowest BCUT2D eigenvalue weighted by atomic mass is 10.1. The van der Waals surface area contributed by atoms with Crippen LogP contribution in [0.2, 0.25) is 0 Å². The molecule has 3 heterocycles. The SMILES string of the molecule is CCN1CCN(C(=O)c2ccc3c(c2)C(=O)N2CCC[C@H]2CO3)CC1.Cl. The minimum atomic E-state index is 0. The summed E-state index contributed by atoms with van der Waals surface area (Å²) < 4.78 is 5.85. The van der Waals surface area contributed by atoms with Crippen LogP contribution in [0.3, 0.4) is 0 Å². The Morgan fingerprint density at radius 1 is 1.19 bits per heavy atom. The van der Waals surface area contributed by atoms with E-state index in [-0.39, 0.29) is 30.3 Å². The molecule has 2 amide bonds. The van der Waals surface area contributed by atoms with Crippen molar-refractivity contribution >= 4 is 24.2 Å². The first-order valence-electron chi connectivity index (χ1n) is 9.27. The molecule has 1 atom stereocenters. The van der Waals surface area contributed by atoms with Crippen LogP contribution in [0.1, 0.15) is 40.5 Å². The Balaban J connectivity index is 0.00000196. The lowest BCUT2D eigenvalue weighted by Gasteiger charge is -2.34. The summed E-state index contributed by atoms with van der Waals surface area (Å²) in [5, 5.41) is 0. The van der Waals surface area contributed by atoms with E-state index in [9.17, 15) is 9.59 Å². The van der Waals surface area contributed by atoms with Crippen LogP contribution in [0.5, 0.6) is 5.75 Å². The third-order valence-electron chi connectivity index (χ3n) is 5.63. The van der Waals surface area contributed by atoms with E-state index < -0.39 is 0 Å². The molecule has 0 bridgehead atoms. The number of amides is 2. The van der Waals surface area contributed by atoms with Gasteiger partial charge in [-0.25, -0.2) is 0 Å². The van der Waals surface area contributed by atoms with E-state index in [1.165, 1.54) is 0 Å². The summed E-state index contributed by atoms with van der Waals surface area (Å²) in [6.45, 7) is 7.78. The van der Waals surface area contributed by atoms with Crippen LogP contribution in [0.25, 0.3) is 0 Å². The molecule has 2 saturated heterocycles. The molecule has 0 unspecified atom stereocenters. The largest absolute Gasteiger partial charge is 0.491 e. The molecule has 7 heteroatoms. The molecule has 0 radical (unpaired) electrons. The van der Waals surface area contributed by atoms with Crippen molar-refractivity contribution in [2.45, 2.75) is 25.8 Å². The van der Waals surface area contributed by atoms with Crippen molar-refractivity contribution in [1.82, 2.24) is 14.7 Å². The van der Waals surface area contributed by atoms with Gasteiger partial charge < -0.3 is 19.4 Å². The Morgan fingerprint density at radius 3 is 2.69 bits per heavy atom. The second-order valence-corrected chi connectivity index (χ2v) is 7.04. The highest BCUT2D eigenvalue weighted by Crippen LogP contribution is 2.30. The first kappa shape index (κ1) is 19.0. The number of fused-ring (bicyclic) bond motifs is 2. The second-order valence-electron chi connectivity index (χ2n) is 7.04. The third kappa shape index (κ3) is 3.40. The van der Waals surface area contributed by atoms with Gasteiger partial charge in [0.25, 0.3) is 11.8 Å². The number of benzene rings is 1. The standard InChI is InChI=1S/C19H25N3O3.ClH/c1-2-20-8-10-21(11-9-20)18(23)14-5-6-17-16(12-14)19(24)22-7-3-4-15(22)13-25-17;/h5-6,12,15H,2-4,7-11,13H2,1H3;1H/t15-;/m0./s1. The first-order valence-corrected chi connectivity index (χ1v) is 9.27. The molecule has 6 nitrogen and oxygen atoms in total. The minimum absolute atomic E-state index is 0. The zero-order valence-corrected chi connectivity index (χ0v) is 16.0. The molecule has 142 valence electrons. The zero-order chi connectivity index (χ0) is 17.4. The number of ether oxygens (including phenoxy) is 1. The summed E-state index contributed by atoms with van der Waals surface area (Å²) in [4.78, 5) is 31.8. The average molecular weight is 380 g/mol. The van der Waals surface area contributed by atoms with Gasteiger partial charge >= 0.3 is 0 Å². The van der Waals surface area contributed by atoms with E-state index in [1.807, 2.05) is 9.80 Å². The van der Waals surface area contributed by atoms with Crippen LogP contribution in [-0.2, 0) is 0 Å². The van der Waals surface area contributed by atoms with Crippen LogP contribution in [0, 0.1) is 0 Å². The molecule has 1 aromatic carbocycles. The van der Waals surface area contributed by atoms with E-state index in [0.29, 0.717) is 23.5 Å². The number of rotatable bonds is 2. The highest BCUT2D eigenvalue weighted by molar-refractivity contribution is 6.02. The molecule has 2 fully saturated rings. The number of hydrogen-bond donors (Lipinski definition) is 0. The maximum absolute atomic E-state index is 12.9.